The predicted molar refractivity (Wildman–Crippen MR) is 106 cm³/mol. The monoisotopic (exact) mass is 420 g/mol. The first-order valence-electron chi connectivity index (χ1n) is 9.68. The van der Waals surface area contributed by atoms with Gasteiger partial charge in [-0.2, -0.15) is 0 Å². The molecule has 2 heterocycles. The third-order valence-electron chi connectivity index (χ3n) is 4.80. The molecule has 1 saturated heterocycles. The highest BCUT2D eigenvalue weighted by molar-refractivity contribution is 5.93. The Labute approximate surface area is 172 Å². The van der Waals surface area contributed by atoms with Crippen molar-refractivity contribution in [2.24, 2.45) is 0 Å². The number of amides is 1. The SMILES string of the molecule is CCCNC(=O)c1cc(N2CCC(Oc3ccc(F)cc3F)CC2)c([N+](=O)[O-])cn1. The number of ether oxygens (including phenoxy) is 1. The summed E-state index contributed by atoms with van der Waals surface area (Å²) in [7, 11) is 0. The van der Waals surface area contributed by atoms with Crippen LogP contribution in [0.2, 0.25) is 0 Å². The second-order valence-corrected chi connectivity index (χ2v) is 6.95. The molecule has 3 rings (SSSR count). The van der Waals surface area contributed by atoms with Gasteiger partial charge < -0.3 is 15.0 Å². The standard InChI is InChI=1S/C20H22F2N4O4/c1-2-7-23-20(27)16-11-17(18(12-24-16)26(28)29)25-8-5-14(6-9-25)30-19-4-3-13(21)10-15(19)22/h3-4,10-12,14H,2,5-9H2,1H3,(H,23,27). The van der Waals surface area contributed by atoms with E-state index >= 15 is 0 Å². The highest BCUT2D eigenvalue weighted by atomic mass is 19.1. The average molecular weight is 420 g/mol. The molecular formula is C20H22F2N4O4. The van der Waals surface area contributed by atoms with Crippen LogP contribution in [0.1, 0.15) is 36.7 Å². The molecule has 1 amide bonds. The van der Waals surface area contributed by atoms with Crippen LogP contribution in [0.15, 0.2) is 30.5 Å². The van der Waals surface area contributed by atoms with Crippen molar-refractivity contribution in [1.29, 1.82) is 0 Å². The molecule has 1 aromatic heterocycles. The number of halogens is 2. The van der Waals surface area contributed by atoms with Crippen molar-refractivity contribution in [3.05, 3.63) is 57.9 Å². The van der Waals surface area contributed by atoms with Crippen LogP contribution < -0.4 is 15.0 Å². The smallest absolute Gasteiger partial charge is 0.310 e. The summed E-state index contributed by atoms with van der Waals surface area (Å²) in [5.74, 6) is -1.87. The number of rotatable bonds is 7. The van der Waals surface area contributed by atoms with Crippen LogP contribution in [-0.2, 0) is 0 Å². The molecule has 0 saturated carbocycles. The molecule has 8 nitrogen and oxygen atoms in total. The molecule has 1 aromatic carbocycles. The summed E-state index contributed by atoms with van der Waals surface area (Å²) in [5, 5.41) is 14.1. The van der Waals surface area contributed by atoms with E-state index in [4.69, 9.17) is 4.74 Å². The molecule has 0 spiro atoms. The number of carbonyl (C=O) groups excluding carboxylic acids is 1. The Morgan fingerprint density at radius 3 is 2.70 bits per heavy atom. The molecule has 30 heavy (non-hydrogen) atoms. The summed E-state index contributed by atoms with van der Waals surface area (Å²) < 4.78 is 32.5. The number of hydrogen-bond donors (Lipinski definition) is 1. The molecular weight excluding hydrogens is 398 g/mol. The fourth-order valence-electron chi connectivity index (χ4n) is 3.25. The van der Waals surface area contributed by atoms with Crippen molar-refractivity contribution < 1.29 is 23.2 Å². The third kappa shape index (κ3) is 5.00. The van der Waals surface area contributed by atoms with Crippen LogP contribution in [0.5, 0.6) is 5.75 Å². The zero-order chi connectivity index (χ0) is 21.7. The van der Waals surface area contributed by atoms with E-state index in [0.717, 1.165) is 24.8 Å². The van der Waals surface area contributed by atoms with Gasteiger partial charge in [0.2, 0.25) is 0 Å². The molecule has 1 aliphatic rings. The third-order valence-corrected chi connectivity index (χ3v) is 4.80. The van der Waals surface area contributed by atoms with Gasteiger partial charge in [0.15, 0.2) is 11.6 Å². The number of pyridine rings is 1. The Morgan fingerprint density at radius 2 is 2.07 bits per heavy atom. The van der Waals surface area contributed by atoms with Gasteiger partial charge in [0.25, 0.3) is 5.91 Å². The van der Waals surface area contributed by atoms with Crippen molar-refractivity contribution in [2.45, 2.75) is 32.3 Å². The van der Waals surface area contributed by atoms with Gasteiger partial charge in [-0.3, -0.25) is 14.9 Å². The van der Waals surface area contributed by atoms with E-state index in [1.807, 2.05) is 6.92 Å². The summed E-state index contributed by atoms with van der Waals surface area (Å²) in [4.78, 5) is 28.8. The first kappa shape index (κ1) is 21.4. The maximum Gasteiger partial charge on any atom is 0.310 e. The molecule has 0 radical (unpaired) electrons. The highest BCUT2D eigenvalue weighted by Crippen LogP contribution is 2.31. The second kappa shape index (κ2) is 9.47. The average Bonchev–Trinajstić information content (AvgIpc) is 2.74. The van der Waals surface area contributed by atoms with Crippen molar-refractivity contribution in [3.8, 4) is 5.75 Å². The number of anilines is 1. The summed E-state index contributed by atoms with van der Waals surface area (Å²) >= 11 is 0. The topological polar surface area (TPSA) is 97.6 Å². The maximum absolute atomic E-state index is 13.8. The Hall–Kier alpha value is -3.30. The molecule has 1 N–H and O–H groups in total. The lowest BCUT2D eigenvalue weighted by Gasteiger charge is -2.33. The van der Waals surface area contributed by atoms with Gasteiger partial charge in [0.05, 0.1) is 4.92 Å². The van der Waals surface area contributed by atoms with Crippen LogP contribution in [0.4, 0.5) is 20.2 Å². The van der Waals surface area contributed by atoms with Crippen LogP contribution in [0, 0.1) is 21.7 Å². The van der Waals surface area contributed by atoms with E-state index in [0.29, 0.717) is 38.2 Å². The summed E-state index contributed by atoms with van der Waals surface area (Å²) in [6.45, 7) is 3.22. The zero-order valence-electron chi connectivity index (χ0n) is 16.4. The molecule has 10 heteroatoms. The lowest BCUT2D eigenvalue weighted by molar-refractivity contribution is -0.384. The van der Waals surface area contributed by atoms with E-state index in [1.54, 1.807) is 4.90 Å². The Kier molecular flexibility index (Phi) is 6.76. The number of piperidine rings is 1. The number of nitro groups is 1. The first-order chi connectivity index (χ1) is 14.4. The molecule has 0 unspecified atom stereocenters. The fourth-order valence-corrected chi connectivity index (χ4v) is 3.25. The Balaban J connectivity index is 1.71. The first-order valence-corrected chi connectivity index (χ1v) is 9.68. The largest absolute Gasteiger partial charge is 0.487 e. The van der Waals surface area contributed by atoms with Gasteiger partial charge >= 0.3 is 5.69 Å². The summed E-state index contributed by atoms with van der Waals surface area (Å²) in [5.41, 5.74) is 0.227. The number of benzene rings is 1. The van der Waals surface area contributed by atoms with Crippen LogP contribution in [0.3, 0.4) is 0 Å². The van der Waals surface area contributed by atoms with Crippen molar-refractivity contribution >= 4 is 17.3 Å². The Morgan fingerprint density at radius 1 is 1.33 bits per heavy atom. The molecule has 2 aromatic rings. The van der Waals surface area contributed by atoms with Crippen LogP contribution in [-0.4, -0.2) is 41.6 Å². The number of carbonyl (C=O) groups is 1. The quantitative estimate of drug-likeness (QED) is 0.544. The lowest BCUT2D eigenvalue weighted by Crippen LogP contribution is -2.39. The zero-order valence-corrected chi connectivity index (χ0v) is 16.4. The van der Waals surface area contributed by atoms with E-state index in [9.17, 15) is 23.7 Å². The molecule has 0 aliphatic carbocycles. The second-order valence-electron chi connectivity index (χ2n) is 6.95. The fraction of sp³-hybridized carbons (Fsp3) is 0.400. The van der Waals surface area contributed by atoms with E-state index in [-0.39, 0.29) is 23.2 Å². The van der Waals surface area contributed by atoms with Gasteiger partial charge in [-0.1, -0.05) is 6.92 Å². The Bertz CT molecular complexity index is 933. The number of hydrogen-bond acceptors (Lipinski definition) is 6. The minimum Gasteiger partial charge on any atom is -0.487 e. The summed E-state index contributed by atoms with van der Waals surface area (Å²) in [6, 6.07) is 4.55. The van der Waals surface area contributed by atoms with Crippen LogP contribution >= 0.6 is 0 Å². The van der Waals surface area contributed by atoms with E-state index in [2.05, 4.69) is 10.3 Å². The number of nitrogens with one attached hydrogen (secondary N) is 1. The molecule has 1 aliphatic heterocycles. The molecule has 1 fully saturated rings. The number of nitrogens with zero attached hydrogens (tertiary/aromatic N) is 3. The van der Waals surface area contributed by atoms with Gasteiger partial charge in [-0.15, -0.1) is 0 Å². The maximum atomic E-state index is 13.8. The highest BCUT2D eigenvalue weighted by Gasteiger charge is 2.28. The van der Waals surface area contributed by atoms with Gasteiger partial charge in [0.1, 0.15) is 29.5 Å². The van der Waals surface area contributed by atoms with Gasteiger partial charge in [-0.25, -0.2) is 13.8 Å². The number of aromatic nitrogens is 1. The minimum absolute atomic E-state index is 0.0281. The van der Waals surface area contributed by atoms with Crippen molar-refractivity contribution in [3.63, 3.8) is 0 Å². The lowest BCUT2D eigenvalue weighted by atomic mass is 10.1. The van der Waals surface area contributed by atoms with E-state index in [1.165, 1.54) is 12.1 Å². The minimum atomic E-state index is -0.773. The van der Waals surface area contributed by atoms with Crippen LogP contribution in [0.25, 0.3) is 0 Å². The molecule has 160 valence electrons. The molecule has 0 atom stereocenters. The van der Waals surface area contributed by atoms with Crippen molar-refractivity contribution in [2.75, 3.05) is 24.5 Å². The predicted octanol–water partition coefficient (Wildman–Crippen LogP) is 3.46. The van der Waals surface area contributed by atoms with Crippen molar-refractivity contribution in [1.82, 2.24) is 10.3 Å². The summed E-state index contributed by atoms with van der Waals surface area (Å²) in [6.07, 6.45) is 2.50. The van der Waals surface area contributed by atoms with E-state index < -0.39 is 22.5 Å². The van der Waals surface area contributed by atoms with Gasteiger partial charge in [0, 0.05) is 38.5 Å². The normalized spacial score (nSPS) is 14.4. The molecule has 0 bridgehead atoms. The van der Waals surface area contributed by atoms with Gasteiger partial charge in [-0.05, 0) is 24.6 Å².